The summed E-state index contributed by atoms with van der Waals surface area (Å²) in [4.78, 5) is 5.87. The summed E-state index contributed by atoms with van der Waals surface area (Å²) in [5.41, 5.74) is 2.84. The molecule has 1 N–H and O–H groups in total. The highest BCUT2D eigenvalue weighted by Crippen LogP contribution is 2.27. The average Bonchev–Trinajstić information content (AvgIpc) is 3.07. The van der Waals surface area contributed by atoms with Crippen molar-refractivity contribution in [3.8, 4) is 0 Å². The molecule has 0 bridgehead atoms. The molecule has 4 heteroatoms. The van der Waals surface area contributed by atoms with Gasteiger partial charge in [-0.1, -0.05) is 19.9 Å². The van der Waals surface area contributed by atoms with Crippen LogP contribution in [-0.4, -0.2) is 4.98 Å². The van der Waals surface area contributed by atoms with Crippen molar-refractivity contribution in [2.24, 2.45) is 0 Å². The molecular formula is C16H18N2OS. The highest BCUT2D eigenvalue weighted by molar-refractivity contribution is 7.10. The van der Waals surface area contributed by atoms with Crippen molar-refractivity contribution in [2.75, 3.05) is 5.32 Å². The van der Waals surface area contributed by atoms with E-state index in [1.807, 2.05) is 12.1 Å². The molecule has 0 radical (unpaired) electrons. The summed E-state index contributed by atoms with van der Waals surface area (Å²) >= 11 is 1.77. The SMILES string of the molecule is CC(C)c1nc2cc(NC(C)c3cccs3)ccc2o1. The molecule has 0 aliphatic carbocycles. The van der Waals surface area contributed by atoms with Gasteiger partial charge in [-0.05, 0) is 36.6 Å². The third kappa shape index (κ3) is 2.56. The molecule has 3 aromatic rings. The van der Waals surface area contributed by atoms with Gasteiger partial charge in [0.25, 0.3) is 0 Å². The van der Waals surface area contributed by atoms with Crippen LogP contribution in [0.15, 0.2) is 40.1 Å². The topological polar surface area (TPSA) is 38.1 Å². The maximum atomic E-state index is 5.72. The second kappa shape index (κ2) is 5.29. The zero-order chi connectivity index (χ0) is 14.1. The molecule has 0 aliphatic rings. The maximum absolute atomic E-state index is 5.72. The maximum Gasteiger partial charge on any atom is 0.198 e. The van der Waals surface area contributed by atoms with E-state index in [0.717, 1.165) is 22.7 Å². The minimum atomic E-state index is 0.295. The van der Waals surface area contributed by atoms with Crippen molar-refractivity contribution in [1.82, 2.24) is 4.98 Å². The minimum Gasteiger partial charge on any atom is -0.440 e. The van der Waals surface area contributed by atoms with Crippen LogP contribution in [0, 0.1) is 0 Å². The van der Waals surface area contributed by atoms with Crippen LogP contribution >= 0.6 is 11.3 Å². The fraction of sp³-hybridized carbons (Fsp3) is 0.312. The normalized spacial score (nSPS) is 13.0. The number of anilines is 1. The number of oxazole rings is 1. The van der Waals surface area contributed by atoms with E-state index in [1.165, 1.54) is 4.88 Å². The number of thiophene rings is 1. The molecule has 1 aromatic carbocycles. The molecule has 1 atom stereocenters. The first-order valence-electron chi connectivity index (χ1n) is 6.84. The molecule has 20 heavy (non-hydrogen) atoms. The van der Waals surface area contributed by atoms with Gasteiger partial charge in [0.2, 0.25) is 0 Å². The van der Waals surface area contributed by atoms with E-state index < -0.39 is 0 Å². The molecule has 0 amide bonds. The molecule has 3 rings (SSSR count). The summed E-state index contributed by atoms with van der Waals surface area (Å²) in [6.45, 7) is 6.34. The number of fused-ring (bicyclic) bond motifs is 1. The van der Waals surface area contributed by atoms with Crippen LogP contribution in [0.2, 0.25) is 0 Å². The second-order valence-electron chi connectivity index (χ2n) is 5.27. The van der Waals surface area contributed by atoms with Crippen LogP contribution in [-0.2, 0) is 0 Å². The Labute approximate surface area is 122 Å². The van der Waals surface area contributed by atoms with Crippen molar-refractivity contribution >= 4 is 28.1 Å². The molecule has 3 nitrogen and oxygen atoms in total. The van der Waals surface area contributed by atoms with E-state index in [1.54, 1.807) is 11.3 Å². The third-order valence-electron chi connectivity index (χ3n) is 3.25. The first-order chi connectivity index (χ1) is 9.63. The largest absolute Gasteiger partial charge is 0.440 e. The van der Waals surface area contributed by atoms with E-state index >= 15 is 0 Å². The molecule has 0 saturated heterocycles. The molecule has 0 saturated carbocycles. The Kier molecular flexibility index (Phi) is 3.49. The lowest BCUT2D eigenvalue weighted by Crippen LogP contribution is -2.04. The zero-order valence-corrected chi connectivity index (χ0v) is 12.7. The minimum absolute atomic E-state index is 0.295. The average molecular weight is 286 g/mol. The quantitative estimate of drug-likeness (QED) is 0.717. The van der Waals surface area contributed by atoms with Gasteiger partial charge < -0.3 is 9.73 Å². The van der Waals surface area contributed by atoms with Crippen LogP contribution in [0.1, 0.15) is 43.5 Å². The molecule has 1 unspecified atom stereocenters. The summed E-state index contributed by atoms with van der Waals surface area (Å²) in [7, 11) is 0. The predicted molar refractivity (Wildman–Crippen MR) is 84.5 cm³/mol. The van der Waals surface area contributed by atoms with E-state index in [-0.39, 0.29) is 0 Å². The number of hydrogen-bond acceptors (Lipinski definition) is 4. The van der Waals surface area contributed by atoms with Gasteiger partial charge >= 0.3 is 0 Å². The van der Waals surface area contributed by atoms with Crippen LogP contribution in [0.3, 0.4) is 0 Å². The number of rotatable bonds is 4. The standard InChI is InChI=1S/C16H18N2OS/c1-10(2)16-18-13-9-12(6-7-14(13)19-16)17-11(3)15-5-4-8-20-15/h4-11,17H,1-3H3. The van der Waals surface area contributed by atoms with Crippen molar-refractivity contribution in [1.29, 1.82) is 0 Å². The monoisotopic (exact) mass is 286 g/mol. The lowest BCUT2D eigenvalue weighted by Gasteiger charge is -2.13. The first-order valence-corrected chi connectivity index (χ1v) is 7.72. The molecule has 0 fully saturated rings. The van der Waals surface area contributed by atoms with Gasteiger partial charge in [0.1, 0.15) is 5.52 Å². The Morgan fingerprint density at radius 2 is 2.05 bits per heavy atom. The fourth-order valence-corrected chi connectivity index (χ4v) is 2.88. The predicted octanol–water partition coefficient (Wildman–Crippen LogP) is 5.19. The van der Waals surface area contributed by atoms with Gasteiger partial charge in [-0.3, -0.25) is 0 Å². The third-order valence-corrected chi connectivity index (χ3v) is 4.31. The first kappa shape index (κ1) is 13.2. The van der Waals surface area contributed by atoms with Gasteiger partial charge in [-0.25, -0.2) is 4.98 Å². The summed E-state index contributed by atoms with van der Waals surface area (Å²) in [6.07, 6.45) is 0. The van der Waals surface area contributed by atoms with Crippen molar-refractivity contribution in [3.63, 3.8) is 0 Å². The number of nitrogens with zero attached hydrogens (tertiary/aromatic N) is 1. The van der Waals surface area contributed by atoms with Crippen molar-refractivity contribution in [3.05, 3.63) is 46.5 Å². The molecule has 0 spiro atoms. The van der Waals surface area contributed by atoms with Gasteiger partial charge in [0.05, 0.1) is 6.04 Å². The molecule has 2 heterocycles. The van der Waals surface area contributed by atoms with Crippen LogP contribution < -0.4 is 5.32 Å². The smallest absolute Gasteiger partial charge is 0.198 e. The van der Waals surface area contributed by atoms with Crippen molar-refractivity contribution < 1.29 is 4.42 Å². The van der Waals surface area contributed by atoms with Crippen LogP contribution in [0.5, 0.6) is 0 Å². The van der Waals surface area contributed by atoms with Gasteiger partial charge in [-0.2, -0.15) is 0 Å². The van der Waals surface area contributed by atoms with Crippen LogP contribution in [0.25, 0.3) is 11.1 Å². The van der Waals surface area contributed by atoms with Crippen LogP contribution in [0.4, 0.5) is 5.69 Å². The number of benzene rings is 1. The second-order valence-corrected chi connectivity index (χ2v) is 6.25. The molecular weight excluding hydrogens is 268 g/mol. The molecule has 0 aliphatic heterocycles. The Morgan fingerprint density at radius 3 is 2.75 bits per heavy atom. The summed E-state index contributed by atoms with van der Waals surface area (Å²) < 4.78 is 5.72. The summed E-state index contributed by atoms with van der Waals surface area (Å²) in [5, 5.41) is 5.60. The lowest BCUT2D eigenvalue weighted by atomic mass is 10.2. The van der Waals surface area contributed by atoms with E-state index in [2.05, 4.69) is 54.7 Å². The van der Waals surface area contributed by atoms with E-state index in [0.29, 0.717) is 12.0 Å². The summed E-state index contributed by atoms with van der Waals surface area (Å²) in [5.74, 6) is 1.10. The highest BCUT2D eigenvalue weighted by atomic mass is 32.1. The van der Waals surface area contributed by atoms with Gasteiger partial charge in [0.15, 0.2) is 11.5 Å². The van der Waals surface area contributed by atoms with Crippen molar-refractivity contribution in [2.45, 2.75) is 32.7 Å². The lowest BCUT2D eigenvalue weighted by molar-refractivity contribution is 0.501. The number of hydrogen-bond donors (Lipinski definition) is 1. The molecule has 2 aromatic heterocycles. The van der Waals surface area contributed by atoms with E-state index in [4.69, 9.17) is 4.42 Å². The fourth-order valence-electron chi connectivity index (χ4n) is 2.14. The Bertz CT molecular complexity index is 700. The van der Waals surface area contributed by atoms with E-state index in [9.17, 15) is 0 Å². The van der Waals surface area contributed by atoms with Gasteiger partial charge in [-0.15, -0.1) is 11.3 Å². The Morgan fingerprint density at radius 1 is 1.20 bits per heavy atom. The van der Waals surface area contributed by atoms with Gasteiger partial charge in [0, 0.05) is 16.5 Å². The zero-order valence-electron chi connectivity index (χ0n) is 11.9. The molecule has 104 valence electrons. The Hall–Kier alpha value is -1.81. The highest BCUT2D eigenvalue weighted by Gasteiger charge is 2.11. The number of nitrogens with one attached hydrogen (secondary N) is 1. The summed E-state index contributed by atoms with van der Waals surface area (Å²) in [6, 6.07) is 10.6. The number of aromatic nitrogens is 1. The Balaban J connectivity index is 1.85.